The number of hydrogen-bond donors (Lipinski definition) is 1. The van der Waals surface area contributed by atoms with Gasteiger partial charge in [-0.25, -0.2) is 8.42 Å². The highest BCUT2D eigenvalue weighted by molar-refractivity contribution is 9.10. The minimum absolute atomic E-state index is 0.0851. The topological polar surface area (TPSA) is 86.8 Å². The summed E-state index contributed by atoms with van der Waals surface area (Å²) in [5.74, 6) is -0.748. The van der Waals surface area contributed by atoms with Crippen molar-refractivity contribution in [2.24, 2.45) is 0 Å². The smallest absolute Gasteiger partial charge is 0.244 e. The van der Waals surface area contributed by atoms with Crippen molar-refractivity contribution >= 4 is 43.5 Å². The fourth-order valence-corrected chi connectivity index (χ4v) is 5.62. The van der Waals surface area contributed by atoms with Crippen molar-refractivity contribution in [1.29, 1.82) is 0 Å². The van der Waals surface area contributed by atoms with Gasteiger partial charge < -0.3 is 10.2 Å². The maximum absolute atomic E-state index is 14.1. The maximum Gasteiger partial charge on any atom is 0.244 e. The fraction of sp³-hybridized carbons (Fsp3) is 0.333. The SMILES string of the molecule is CC[C@H](C)NC(=O)[C@@H](Cc1ccccc1)N(Cc1cccc(Br)c1)C(=O)CN(c1ccccc1C)S(C)(=O)=O. The van der Waals surface area contributed by atoms with Gasteiger partial charge in [-0.05, 0) is 55.2 Å². The predicted molar refractivity (Wildman–Crippen MR) is 160 cm³/mol. The number of carbonyl (C=O) groups excluding carboxylic acids is 2. The van der Waals surface area contributed by atoms with Crippen LogP contribution in [0.2, 0.25) is 0 Å². The molecule has 0 fully saturated rings. The van der Waals surface area contributed by atoms with Crippen molar-refractivity contribution in [2.75, 3.05) is 17.1 Å². The van der Waals surface area contributed by atoms with Crippen LogP contribution in [0.5, 0.6) is 0 Å². The highest BCUT2D eigenvalue weighted by Crippen LogP contribution is 2.24. The first-order chi connectivity index (χ1) is 18.5. The Morgan fingerprint density at radius 3 is 2.21 bits per heavy atom. The molecular weight excluding hydrogens is 578 g/mol. The molecule has 3 aromatic carbocycles. The molecule has 0 heterocycles. The minimum atomic E-state index is -3.80. The molecule has 3 aromatic rings. The van der Waals surface area contributed by atoms with Crippen LogP contribution < -0.4 is 9.62 Å². The van der Waals surface area contributed by atoms with Gasteiger partial charge in [-0.1, -0.05) is 83.5 Å². The van der Waals surface area contributed by atoms with Gasteiger partial charge in [0.15, 0.2) is 0 Å². The quantitative estimate of drug-likeness (QED) is 0.309. The Morgan fingerprint density at radius 2 is 1.59 bits per heavy atom. The zero-order chi connectivity index (χ0) is 28.6. The van der Waals surface area contributed by atoms with Crippen LogP contribution >= 0.6 is 15.9 Å². The van der Waals surface area contributed by atoms with Gasteiger partial charge in [-0.3, -0.25) is 13.9 Å². The second-order valence-corrected chi connectivity index (χ2v) is 12.6. The van der Waals surface area contributed by atoms with Crippen molar-refractivity contribution in [2.45, 2.75) is 52.2 Å². The summed E-state index contributed by atoms with van der Waals surface area (Å²) >= 11 is 3.49. The fourth-order valence-electron chi connectivity index (χ4n) is 4.27. The van der Waals surface area contributed by atoms with E-state index in [1.54, 1.807) is 25.1 Å². The molecule has 2 amide bonds. The van der Waals surface area contributed by atoms with Gasteiger partial charge >= 0.3 is 0 Å². The number of rotatable bonds is 12. The number of para-hydroxylation sites is 1. The molecule has 39 heavy (non-hydrogen) atoms. The summed E-state index contributed by atoms with van der Waals surface area (Å²) in [4.78, 5) is 29.3. The number of hydrogen-bond acceptors (Lipinski definition) is 4. The molecule has 0 aliphatic rings. The second-order valence-electron chi connectivity index (χ2n) is 9.73. The van der Waals surface area contributed by atoms with Crippen molar-refractivity contribution in [1.82, 2.24) is 10.2 Å². The van der Waals surface area contributed by atoms with Crippen LogP contribution in [-0.2, 0) is 32.6 Å². The molecule has 0 bridgehead atoms. The average Bonchev–Trinajstić information content (AvgIpc) is 2.89. The van der Waals surface area contributed by atoms with Gasteiger partial charge in [-0.15, -0.1) is 0 Å². The summed E-state index contributed by atoms with van der Waals surface area (Å²) in [5, 5.41) is 3.03. The van der Waals surface area contributed by atoms with Crippen LogP contribution in [0.1, 0.15) is 37.0 Å². The first kappa shape index (κ1) is 30.4. The van der Waals surface area contributed by atoms with Crippen molar-refractivity contribution in [3.8, 4) is 0 Å². The molecule has 3 rings (SSSR count). The second kappa shape index (κ2) is 13.8. The van der Waals surface area contributed by atoms with E-state index in [9.17, 15) is 18.0 Å². The van der Waals surface area contributed by atoms with E-state index in [4.69, 9.17) is 0 Å². The Balaban J connectivity index is 2.07. The van der Waals surface area contributed by atoms with E-state index < -0.39 is 28.5 Å². The molecule has 208 valence electrons. The lowest BCUT2D eigenvalue weighted by Crippen LogP contribution is -2.54. The molecule has 0 radical (unpaired) electrons. The summed E-state index contributed by atoms with van der Waals surface area (Å²) < 4.78 is 27.7. The Morgan fingerprint density at radius 1 is 0.949 bits per heavy atom. The lowest BCUT2D eigenvalue weighted by atomic mass is 10.0. The molecule has 0 aromatic heterocycles. The highest BCUT2D eigenvalue weighted by Gasteiger charge is 2.33. The zero-order valence-electron chi connectivity index (χ0n) is 22.8. The van der Waals surface area contributed by atoms with Gasteiger partial charge in [0.05, 0.1) is 11.9 Å². The average molecular weight is 615 g/mol. The molecule has 9 heteroatoms. The summed E-state index contributed by atoms with van der Waals surface area (Å²) in [6, 6.07) is 23.1. The number of sulfonamides is 1. The molecule has 0 spiro atoms. The largest absolute Gasteiger partial charge is 0.352 e. The van der Waals surface area contributed by atoms with Crippen LogP contribution in [0, 0.1) is 6.92 Å². The summed E-state index contributed by atoms with van der Waals surface area (Å²) in [6.45, 7) is 5.40. The Kier molecular flexibility index (Phi) is 10.7. The van der Waals surface area contributed by atoms with Gasteiger partial charge in [0.1, 0.15) is 12.6 Å². The number of aryl methyl sites for hydroxylation is 1. The van der Waals surface area contributed by atoms with Crippen molar-refractivity contribution in [3.05, 3.63) is 100 Å². The first-order valence-corrected chi connectivity index (χ1v) is 15.5. The van der Waals surface area contributed by atoms with Gasteiger partial charge in [-0.2, -0.15) is 0 Å². The molecule has 2 atom stereocenters. The van der Waals surface area contributed by atoms with E-state index >= 15 is 0 Å². The van der Waals surface area contributed by atoms with Crippen molar-refractivity contribution < 1.29 is 18.0 Å². The van der Waals surface area contributed by atoms with Gasteiger partial charge in [0.25, 0.3) is 0 Å². The number of benzene rings is 3. The Hall–Kier alpha value is -3.17. The van der Waals surface area contributed by atoms with Gasteiger partial charge in [0.2, 0.25) is 21.8 Å². The molecule has 0 unspecified atom stereocenters. The van der Waals surface area contributed by atoms with Crippen LogP contribution in [0.3, 0.4) is 0 Å². The van der Waals surface area contributed by atoms with Crippen LogP contribution in [0.25, 0.3) is 0 Å². The summed E-state index contributed by atoms with van der Waals surface area (Å²) in [6.07, 6.45) is 2.10. The lowest BCUT2D eigenvalue weighted by molar-refractivity contribution is -0.140. The number of nitrogens with one attached hydrogen (secondary N) is 1. The summed E-state index contributed by atoms with van der Waals surface area (Å²) in [7, 11) is -3.80. The summed E-state index contributed by atoms with van der Waals surface area (Å²) in [5.41, 5.74) is 2.87. The van der Waals surface area contributed by atoms with Crippen molar-refractivity contribution in [3.63, 3.8) is 0 Å². The number of amides is 2. The molecule has 0 aliphatic heterocycles. The maximum atomic E-state index is 14.1. The normalized spacial score (nSPS) is 12.8. The van der Waals surface area contributed by atoms with Crippen LogP contribution in [0.4, 0.5) is 5.69 Å². The minimum Gasteiger partial charge on any atom is -0.352 e. The van der Waals surface area contributed by atoms with Crippen LogP contribution in [-0.4, -0.2) is 50.0 Å². The predicted octanol–water partition coefficient (Wildman–Crippen LogP) is 5.08. The number of nitrogens with zero attached hydrogens (tertiary/aromatic N) is 2. The molecule has 0 saturated carbocycles. The number of carbonyl (C=O) groups is 2. The molecule has 1 N–H and O–H groups in total. The van der Waals surface area contributed by atoms with E-state index in [1.165, 1.54) is 4.90 Å². The van der Waals surface area contributed by atoms with Gasteiger partial charge in [0, 0.05) is 23.5 Å². The molecular formula is C30H36BrN3O4S. The Bertz CT molecular complexity index is 1380. The Labute approximate surface area is 240 Å². The first-order valence-electron chi connectivity index (χ1n) is 12.9. The standard InChI is InChI=1S/C30H36BrN3O4S/c1-5-23(3)32-30(36)28(19-24-13-7-6-8-14-24)33(20-25-15-11-16-26(31)18-25)29(35)21-34(39(4,37)38)27-17-10-9-12-22(27)2/h6-18,23,28H,5,19-21H2,1-4H3,(H,32,36)/t23-,28+/m0/s1. The van der Waals surface area contributed by atoms with E-state index in [0.717, 1.165) is 38.1 Å². The lowest BCUT2D eigenvalue weighted by Gasteiger charge is -2.34. The monoisotopic (exact) mass is 613 g/mol. The number of halogens is 1. The van der Waals surface area contributed by atoms with E-state index in [-0.39, 0.29) is 24.9 Å². The van der Waals surface area contributed by atoms with E-state index in [2.05, 4.69) is 21.2 Å². The van der Waals surface area contributed by atoms with E-state index in [1.807, 2.05) is 74.5 Å². The van der Waals surface area contributed by atoms with Crippen LogP contribution in [0.15, 0.2) is 83.3 Å². The number of anilines is 1. The highest BCUT2D eigenvalue weighted by atomic mass is 79.9. The van der Waals surface area contributed by atoms with E-state index in [0.29, 0.717) is 5.69 Å². The zero-order valence-corrected chi connectivity index (χ0v) is 25.2. The third-order valence-corrected chi connectivity index (χ3v) is 8.20. The molecule has 0 aliphatic carbocycles. The third kappa shape index (κ3) is 8.66. The molecule has 7 nitrogen and oxygen atoms in total. The molecule has 0 saturated heterocycles. The third-order valence-electron chi connectivity index (χ3n) is 6.58.